The number of aromatic nitrogens is 4. The van der Waals surface area contributed by atoms with Crippen LogP contribution in [-0.4, -0.2) is 55.5 Å². The summed E-state index contributed by atoms with van der Waals surface area (Å²) < 4.78 is 0. The fourth-order valence-corrected chi connectivity index (χ4v) is 3.67. The van der Waals surface area contributed by atoms with Crippen LogP contribution >= 0.6 is 0 Å². The van der Waals surface area contributed by atoms with Crippen LogP contribution in [0.3, 0.4) is 0 Å². The van der Waals surface area contributed by atoms with Crippen molar-refractivity contribution < 1.29 is 9.90 Å². The zero-order chi connectivity index (χ0) is 18.9. The summed E-state index contributed by atoms with van der Waals surface area (Å²) in [7, 11) is 0. The van der Waals surface area contributed by atoms with Crippen molar-refractivity contribution in [1.29, 1.82) is 0 Å². The van der Waals surface area contributed by atoms with E-state index in [1.54, 1.807) is 29.7 Å². The molecular weight excluding hydrogens is 344 g/mol. The Balaban J connectivity index is 1.44. The van der Waals surface area contributed by atoms with E-state index < -0.39 is 0 Å². The Morgan fingerprint density at radius 2 is 1.89 bits per heavy atom. The van der Waals surface area contributed by atoms with Gasteiger partial charge in [0.05, 0.1) is 17.7 Å². The third-order valence-corrected chi connectivity index (χ3v) is 5.56. The number of amides is 1. The number of anilines is 1. The summed E-state index contributed by atoms with van der Waals surface area (Å²) in [5.41, 5.74) is 1.05. The second-order valence-corrected chi connectivity index (χ2v) is 7.93. The molecule has 27 heavy (non-hydrogen) atoms. The zero-order valence-corrected chi connectivity index (χ0v) is 15.4. The minimum Gasteiger partial charge on any atom is -0.396 e. The molecule has 8 heteroatoms. The van der Waals surface area contributed by atoms with E-state index in [-0.39, 0.29) is 23.5 Å². The molecule has 2 aromatic heterocycles. The summed E-state index contributed by atoms with van der Waals surface area (Å²) >= 11 is 0. The molecule has 4 rings (SSSR count). The van der Waals surface area contributed by atoms with Crippen LogP contribution in [0.1, 0.15) is 48.5 Å². The summed E-state index contributed by atoms with van der Waals surface area (Å²) in [5.74, 6) is 0.408. The highest BCUT2D eigenvalue weighted by molar-refractivity contribution is 5.93. The maximum absolute atomic E-state index is 12.8. The lowest BCUT2D eigenvalue weighted by Gasteiger charge is -2.39. The molecule has 0 radical (unpaired) electrons. The first-order chi connectivity index (χ1) is 13.0. The first-order valence-electron chi connectivity index (χ1n) is 9.30. The van der Waals surface area contributed by atoms with Gasteiger partial charge in [0.1, 0.15) is 6.33 Å². The smallest absolute Gasteiger partial charge is 0.257 e. The molecule has 142 valence electrons. The van der Waals surface area contributed by atoms with E-state index in [9.17, 15) is 9.90 Å². The van der Waals surface area contributed by atoms with E-state index in [0.29, 0.717) is 24.6 Å². The molecule has 8 nitrogen and oxygen atoms in total. The first-order valence-corrected chi connectivity index (χ1v) is 9.30. The van der Waals surface area contributed by atoms with Gasteiger partial charge in [0.15, 0.2) is 0 Å². The summed E-state index contributed by atoms with van der Waals surface area (Å²) in [4.78, 5) is 31.4. The Bertz CT molecular complexity index is 809. The molecular formula is C19H24N6O2. The molecule has 2 aliphatic rings. The minimum atomic E-state index is -0.230. The second-order valence-electron chi connectivity index (χ2n) is 7.93. The molecule has 0 spiro atoms. The topological polar surface area (TPSA) is 104 Å². The fourth-order valence-electron chi connectivity index (χ4n) is 3.67. The van der Waals surface area contributed by atoms with Crippen LogP contribution in [0.2, 0.25) is 0 Å². The Hall–Kier alpha value is -2.61. The number of piperidine rings is 1. The Morgan fingerprint density at radius 1 is 1.19 bits per heavy atom. The normalized spacial score (nSPS) is 23.7. The van der Waals surface area contributed by atoms with Gasteiger partial charge in [0.25, 0.3) is 5.91 Å². The number of carbonyl (C=O) groups excluding carboxylic acids is 1. The van der Waals surface area contributed by atoms with E-state index in [0.717, 1.165) is 31.2 Å². The number of nitrogens with zero attached hydrogens (tertiary/aromatic N) is 5. The van der Waals surface area contributed by atoms with Gasteiger partial charge in [0, 0.05) is 48.9 Å². The fraction of sp³-hybridized carbons (Fsp3) is 0.526. The molecule has 1 aliphatic carbocycles. The summed E-state index contributed by atoms with van der Waals surface area (Å²) in [5, 5.41) is 12.9. The number of aliphatic hydroxyl groups is 1. The maximum Gasteiger partial charge on any atom is 0.257 e. The second kappa shape index (κ2) is 6.84. The molecule has 2 N–H and O–H groups in total. The molecule has 1 amide bonds. The lowest BCUT2D eigenvalue weighted by molar-refractivity contribution is 0.0357. The molecule has 0 bridgehead atoms. The van der Waals surface area contributed by atoms with Crippen molar-refractivity contribution in [3.05, 3.63) is 42.2 Å². The number of likely N-dealkylation sites (tertiary alicyclic amines) is 1. The summed E-state index contributed by atoms with van der Waals surface area (Å²) in [6.07, 6.45) is 12.0. The van der Waals surface area contributed by atoms with E-state index in [2.05, 4.69) is 25.3 Å². The van der Waals surface area contributed by atoms with Crippen molar-refractivity contribution in [3.8, 4) is 0 Å². The molecule has 0 aromatic carbocycles. The van der Waals surface area contributed by atoms with Crippen LogP contribution in [0.5, 0.6) is 0 Å². The Morgan fingerprint density at radius 3 is 2.52 bits per heavy atom. The van der Waals surface area contributed by atoms with Gasteiger partial charge in [-0.1, -0.05) is 6.92 Å². The molecule has 1 saturated heterocycles. The van der Waals surface area contributed by atoms with Crippen molar-refractivity contribution >= 4 is 11.9 Å². The highest BCUT2D eigenvalue weighted by atomic mass is 16.3. The zero-order valence-electron chi connectivity index (χ0n) is 15.4. The number of hydrogen-bond donors (Lipinski definition) is 2. The highest BCUT2D eigenvalue weighted by Gasteiger charge is 2.45. The van der Waals surface area contributed by atoms with Crippen molar-refractivity contribution in [2.24, 2.45) is 5.41 Å². The Labute approximate surface area is 158 Å². The lowest BCUT2D eigenvalue weighted by Crippen LogP contribution is -2.46. The van der Waals surface area contributed by atoms with Crippen molar-refractivity contribution in [3.63, 3.8) is 0 Å². The van der Waals surface area contributed by atoms with Gasteiger partial charge >= 0.3 is 0 Å². The number of hydrogen-bond acceptors (Lipinski definition) is 7. The predicted molar refractivity (Wildman–Crippen MR) is 98.9 cm³/mol. The predicted octanol–water partition coefficient (Wildman–Crippen LogP) is 1.60. The van der Waals surface area contributed by atoms with Gasteiger partial charge in [-0.15, -0.1) is 0 Å². The minimum absolute atomic E-state index is 0.0847. The number of aliphatic hydroxyl groups excluding tert-OH is 1. The summed E-state index contributed by atoms with van der Waals surface area (Å²) in [6.45, 7) is 3.35. The maximum atomic E-state index is 12.8. The van der Waals surface area contributed by atoms with E-state index >= 15 is 0 Å². The van der Waals surface area contributed by atoms with Crippen molar-refractivity contribution in [2.75, 3.05) is 25.0 Å². The van der Waals surface area contributed by atoms with Crippen LogP contribution < -0.4 is 5.32 Å². The molecule has 1 atom stereocenters. The van der Waals surface area contributed by atoms with Crippen molar-refractivity contribution in [1.82, 2.24) is 24.8 Å². The standard InChI is InChI=1S/C19H24N6O2/c1-18(12-26)3-2-6-25(11-18)16(27)14-7-22-17(23-8-14)24-19(4-5-19)15-9-20-13-21-10-15/h7-10,13,26H,2-6,11-12H2,1H3,(H,22,23,24). The molecule has 1 saturated carbocycles. The van der Waals surface area contributed by atoms with Crippen LogP contribution in [0, 0.1) is 5.41 Å². The largest absolute Gasteiger partial charge is 0.396 e. The van der Waals surface area contributed by atoms with E-state index in [1.807, 2.05) is 6.92 Å². The third kappa shape index (κ3) is 3.62. The number of rotatable bonds is 5. The van der Waals surface area contributed by atoms with Gasteiger partial charge in [0.2, 0.25) is 5.95 Å². The van der Waals surface area contributed by atoms with Gasteiger partial charge in [-0.2, -0.15) is 0 Å². The molecule has 1 unspecified atom stereocenters. The number of nitrogens with one attached hydrogen (secondary N) is 1. The average molecular weight is 368 g/mol. The van der Waals surface area contributed by atoms with Crippen LogP contribution in [0.15, 0.2) is 31.1 Å². The Kier molecular flexibility index (Phi) is 4.51. The van der Waals surface area contributed by atoms with E-state index in [1.165, 1.54) is 6.33 Å². The molecule has 1 aliphatic heterocycles. The molecule has 2 aromatic rings. The SMILES string of the molecule is CC1(CO)CCCN(C(=O)c2cnc(NC3(c4cncnc4)CC3)nc2)C1. The number of carbonyl (C=O) groups is 1. The average Bonchev–Trinajstić information content (AvgIpc) is 3.49. The van der Waals surface area contributed by atoms with Crippen LogP contribution in [-0.2, 0) is 5.54 Å². The quantitative estimate of drug-likeness (QED) is 0.826. The molecule has 3 heterocycles. The lowest BCUT2D eigenvalue weighted by atomic mass is 9.82. The van der Waals surface area contributed by atoms with E-state index in [4.69, 9.17) is 0 Å². The van der Waals surface area contributed by atoms with Gasteiger partial charge in [-0.25, -0.2) is 19.9 Å². The van der Waals surface area contributed by atoms with Crippen molar-refractivity contribution in [2.45, 2.75) is 38.1 Å². The van der Waals surface area contributed by atoms with Gasteiger partial charge < -0.3 is 15.3 Å². The summed E-state index contributed by atoms with van der Waals surface area (Å²) in [6, 6.07) is 0. The van der Waals surface area contributed by atoms with Gasteiger partial charge in [-0.3, -0.25) is 4.79 Å². The van der Waals surface area contributed by atoms with Crippen LogP contribution in [0.25, 0.3) is 0 Å². The van der Waals surface area contributed by atoms with Crippen LogP contribution in [0.4, 0.5) is 5.95 Å². The third-order valence-electron chi connectivity index (χ3n) is 5.56. The first kappa shape index (κ1) is 17.8. The highest BCUT2D eigenvalue weighted by Crippen LogP contribution is 2.47. The monoisotopic (exact) mass is 368 g/mol. The molecule has 2 fully saturated rings. The van der Waals surface area contributed by atoms with Gasteiger partial charge in [-0.05, 0) is 25.7 Å².